The summed E-state index contributed by atoms with van der Waals surface area (Å²) in [6.07, 6.45) is 2.42. The van der Waals surface area contributed by atoms with Crippen molar-refractivity contribution in [1.82, 2.24) is 0 Å². The molecule has 0 spiro atoms. The van der Waals surface area contributed by atoms with Crippen LogP contribution in [-0.4, -0.2) is 13.7 Å². The Morgan fingerprint density at radius 3 is 2.18 bits per heavy atom. The summed E-state index contributed by atoms with van der Waals surface area (Å²) in [6.45, 7) is 7.20. The number of hydrogen-bond acceptors (Lipinski definition) is 2. The van der Waals surface area contributed by atoms with Crippen LogP contribution in [-0.2, 0) is 5.41 Å². The highest BCUT2D eigenvalue weighted by Gasteiger charge is 2.45. The largest absolute Gasteiger partial charge is 0.495 e. The van der Waals surface area contributed by atoms with Gasteiger partial charge in [0.1, 0.15) is 5.75 Å². The molecule has 1 aliphatic carbocycles. The van der Waals surface area contributed by atoms with E-state index >= 15 is 0 Å². The molecular weight excluding hydrogens is 278 g/mol. The average molecular weight is 298 g/mol. The normalized spacial score (nSPS) is 17.1. The zero-order chi connectivity index (χ0) is 12.8. The van der Waals surface area contributed by atoms with E-state index in [1.54, 1.807) is 7.11 Å². The predicted octanol–water partition coefficient (Wildman–Crippen LogP) is 3.37. The Morgan fingerprint density at radius 1 is 1.18 bits per heavy atom. The molecule has 2 rings (SSSR count). The average Bonchev–Trinajstić information content (AvgIpc) is 3.09. The van der Waals surface area contributed by atoms with Gasteiger partial charge in [0.15, 0.2) is 0 Å². The van der Waals surface area contributed by atoms with Crippen LogP contribution in [0.25, 0.3) is 0 Å². The maximum Gasteiger partial charge on any atom is 0.136 e. The summed E-state index contributed by atoms with van der Waals surface area (Å²) < 4.78 is 6.56. The van der Waals surface area contributed by atoms with Crippen molar-refractivity contribution in [1.29, 1.82) is 0 Å². The van der Waals surface area contributed by atoms with E-state index in [0.29, 0.717) is 0 Å². The standard InChI is InChI=1S/C14H20BrNO/c1-8-9(2)13(17-4)12(15)10(3)11(8)14(7-16)5-6-14/h5-7,16H2,1-4H3. The molecule has 0 saturated heterocycles. The van der Waals surface area contributed by atoms with Crippen LogP contribution in [0.2, 0.25) is 0 Å². The van der Waals surface area contributed by atoms with Gasteiger partial charge in [-0.3, -0.25) is 0 Å². The van der Waals surface area contributed by atoms with Crippen LogP contribution < -0.4 is 10.5 Å². The van der Waals surface area contributed by atoms with E-state index in [1.807, 2.05) is 0 Å². The number of benzene rings is 1. The van der Waals surface area contributed by atoms with Crippen molar-refractivity contribution in [2.75, 3.05) is 13.7 Å². The van der Waals surface area contributed by atoms with E-state index in [1.165, 1.54) is 35.1 Å². The summed E-state index contributed by atoms with van der Waals surface area (Å²) in [5.41, 5.74) is 11.5. The molecule has 0 amide bonds. The number of halogens is 1. The van der Waals surface area contributed by atoms with Gasteiger partial charge in [-0.15, -0.1) is 0 Å². The monoisotopic (exact) mass is 297 g/mol. The van der Waals surface area contributed by atoms with Crippen LogP contribution in [0.5, 0.6) is 5.75 Å². The van der Waals surface area contributed by atoms with Gasteiger partial charge >= 0.3 is 0 Å². The number of rotatable bonds is 3. The number of methoxy groups -OCH3 is 1. The Hall–Kier alpha value is -0.540. The van der Waals surface area contributed by atoms with Crippen LogP contribution in [0, 0.1) is 20.8 Å². The van der Waals surface area contributed by atoms with Gasteiger partial charge in [0.05, 0.1) is 11.6 Å². The zero-order valence-corrected chi connectivity index (χ0v) is 12.6. The van der Waals surface area contributed by atoms with Gasteiger partial charge in [0.2, 0.25) is 0 Å². The second-order valence-corrected chi connectivity index (χ2v) is 5.87. The molecule has 0 bridgehead atoms. The molecule has 1 aromatic carbocycles. The molecule has 2 N–H and O–H groups in total. The van der Waals surface area contributed by atoms with Crippen molar-refractivity contribution in [3.05, 3.63) is 26.7 Å². The Morgan fingerprint density at radius 2 is 1.76 bits per heavy atom. The van der Waals surface area contributed by atoms with Crippen LogP contribution in [0.15, 0.2) is 4.47 Å². The Kier molecular flexibility index (Phi) is 3.25. The highest BCUT2D eigenvalue weighted by molar-refractivity contribution is 9.10. The van der Waals surface area contributed by atoms with Crippen molar-refractivity contribution in [3.63, 3.8) is 0 Å². The Balaban J connectivity index is 2.69. The maximum absolute atomic E-state index is 5.96. The van der Waals surface area contributed by atoms with Gasteiger partial charge in [-0.2, -0.15) is 0 Å². The smallest absolute Gasteiger partial charge is 0.136 e. The third-order valence-corrected chi connectivity index (χ3v) is 5.12. The SMILES string of the molecule is COc1c(C)c(C)c(C2(CN)CC2)c(C)c1Br. The van der Waals surface area contributed by atoms with Gasteiger partial charge in [-0.05, 0) is 71.8 Å². The lowest BCUT2D eigenvalue weighted by Crippen LogP contribution is -2.22. The molecule has 1 saturated carbocycles. The molecule has 3 heteroatoms. The van der Waals surface area contributed by atoms with E-state index in [4.69, 9.17) is 10.5 Å². The lowest BCUT2D eigenvalue weighted by Gasteiger charge is -2.24. The first-order chi connectivity index (χ1) is 7.98. The molecule has 0 atom stereocenters. The topological polar surface area (TPSA) is 35.2 Å². The minimum atomic E-state index is 0.230. The molecule has 0 heterocycles. The minimum absolute atomic E-state index is 0.230. The highest BCUT2D eigenvalue weighted by Crippen LogP contribution is 2.52. The van der Waals surface area contributed by atoms with Crippen LogP contribution in [0.3, 0.4) is 0 Å². The van der Waals surface area contributed by atoms with E-state index in [9.17, 15) is 0 Å². The molecule has 0 aliphatic heterocycles. The zero-order valence-electron chi connectivity index (χ0n) is 11.0. The number of hydrogen-bond donors (Lipinski definition) is 1. The molecule has 0 aromatic heterocycles. The Labute approximate surface area is 112 Å². The first kappa shape index (κ1) is 12.9. The van der Waals surface area contributed by atoms with E-state index in [2.05, 4.69) is 36.7 Å². The fourth-order valence-corrected chi connectivity index (χ4v) is 3.49. The summed E-state index contributed by atoms with van der Waals surface area (Å²) in [6, 6.07) is 0. The van der Waals surface area contributed by atoms with Gasteiger partial charge in [0.25, 0.3) is 0 Å². The van der Waals surface area contributed by atoms with Gasteiger partial charge in [0, 0.05) is 12.0 Å². The van der Waals surface area contributed by atoms with Crippen LogP contribution >= 0.6 is 15.9 Å². The number of ether oxygens (including phenoxy) is 1. The van der Waals surface area contributed by atoms with E-state index < -0.39 is 0 Å². The van der Waals surface area contributed by atoms with Crippen LogP contribution in [0.1, 0.15) is 35.1 Å². The van der Waals surface area contributed by atoms with Gasteiger partial charge in [-0.25, -0.2) is 0 Å². The third kappa shape index (κ3) is 1.80. The lowest BCUT2D eigenvalue weighted by atomic mass is 9.85. The van der Waals surface area contributed by atoms with Gasteiger partial charge in [-0.1, -0.05) is 0 Å². The fourth-order valence-electron chi connectivity index (χ4n) is 2.83. The van der Waals surface area contributed by atoms with E-state index in [0.717, 1.165) is 16.8 Å². The molecule has 1 fully saturated rings. The first-order valence-electron chi connectivity index (χ1n) is 6.02. The van der Waals surface area contributed by atoms with E-state index in [-0.39, 0.29) is 5.41 Å². The van der Waals surface area contributed by atoms with Crippen molar-refractivity contribution >= 4 is 15.9 Å². The molecule has 2 nitrogen and oxygen atoms in total. The second kappa shape index (κ2) is 4.29. The molecule has 17 heavy (non-hydrogen) atoms. The Bertz CT molecular complexity index is 435. The fraction of sp³-hybridized carbons (Fsp3) is 0.571. The lowest BCUT2D eigenvalue weighted by molar-refractivity contribution is 0.407. The molecule has 0 radical (unpaired) electrons. The molecule has 1 aromatic rings. The summed E-state index contributed by atoms with van der Waals surface area (Å²) >= 11 is 3.66. The minimum Gasteiger partial charge on any atom is -0.495 e. The quantitative estimate of drug-likeness (QED) is 0.928. The van der Waals surface area contributed by atoms with Crippen molar-refractivity contribution in [3.8, 4) is 5.75 Å². The summed E-state index contributed by atoms with van der Waals surface area (Å²) in [5.74, 6) is 0.955. The summed E-state index contributed by atoms with van der Waals surface area (Å²) in [4.78, 5) is 0. The third-order valence-electron chi connectivity index (χ3n) is 4.16. The first-order valence-corrected chi connectivity index (χ1v) is 6.81. The van der Waals surface area contributed by atoms with Gasteiger partial charge < -0.3 is 10.5 Å². The molecule has 94 valence electrons. The van der Waals surface area contributed by atoms with Crippen LogP contribution in [0.4, 0.5) is 0 Å². The number of nitrogens with two attached hydrogens (primary N) is 1. The van der Waals surface area contributed by atoms with Crippen molar-refractivity contribution < 1.29 is 4.74 Å². The highest BCUT2D eigenvalue weighted by atomic mass is 79.9. The molecule has 1 aliphatic rings. The predicted molar refractivity (Wildman–Crippen MR) is 74.9 cm³/mol. The summed E-state index contributed by atoms with van der Waals surface area (Å²) in [5, 5.41) is 0. The molecular formula is C14H20BrNO. The molecule has 0 unspecified atom stereocenters. The summed E-state index contributed by atoms with van der Waals surface area (Å²) in [7, 11) is 1.72. The maximum atomic E-state index is 5.96. The van der Waals surface area contributed by atoms with Crippen molar-refractivity contribution in [2.45, 2.75) is 39.0 Å². The second-order valence-electron chi connectivity index (χ2n) is 5.08. The van der Waals surface area contributed by atoms with Crippen molar-refractivity contribution in [2.24, 2.45) is 5.73 Å².